The summed E-state index contributed by atoms with van der Waals surface area (Å²) in [6, 6.07) is 8.85. The molecule has 0 saturated carbocycles. The molecule has 3 unspecified atom stereocenters. The summed E-state index contributed by atoms with van der Waals surface area (Å²) in [5.41, 5.74) is 2.52. The number of benzene rings is 1. The fourth-order valence-electron chi connectivity index (χ4n) is 4.03. The third-order valence-corrected chi connectivity index (χ3v) is 5.98. The summed E-state index contributed by atoms with van der Waals surface area (Å²) < 4.78 is 0. The molecule has 1 saturated heterocycles. The lowest BCUT2D eigenvalue weighted by molar-refractivity contribution is -0.134. The standard InChI is InChI=1S/C19H27BN4O4.C7H16/c1-13-5-7-15(8-6-13)10-17(20(27)28)23-19(26)22-12-16-4-3-9-24(16)18(25)14(2)11-21;1-5-6-7(2,3)4/h5-8,14,16-17,27-28H,3-4,9-10,12H2,1-2H3,(H2,22,23,26);5-6H2,1-4H3. The van der Waals surface area contributed by atoms with Gasteiger partial charge in [0.25, 0.3) is 0 Å². The van der Waals surface area contributed by atoms with E-state index < -0.39 is 25.0 Å². The Balaban J connectivity index is 0.000000762. The van der Waals surface area contributed by atoms with Crippen LogP contribution in [-0.2, 0) is 11.2 Å². The summed E-state index contributed by atoms with van der Waals surface area (Å²) in [4.78, 5) is 26.1. The molecular formula is C26H43BN4O4. The van der Waals surface area contributed by atoms with Crippen molar-refractivity contribution >= 4 is 19.1 Å². The zero-order valence-electron chi connectivity index (χ0n) is 22.2. The Bertz CT molecular complexity index is 833. The lowest BCUT2D eigenvalue weighted by atomic mass is 9.76. The first-order chi connectivity index (χ1) is 16.4. The highest BCUT2D eigenvalue weighted by molar-refractivity contribution is 6.43. The van der Waals surface area contributed by atoms with Crippen LogP contribution in [0.2, 0.25) is 0 Å². The molecule has 8 nitrogen and oxygen atoms in total. The van der Waals surface area contributed by atoms with Crippen molar-refractivity contribution in [3.8, 4) is 6.07 Å². The fraction of sp³-hybridized carbons (Fsp3) is 0.654. The molecule has 3 atom stereocenters. The minimum absolute atomic E-state index is 0.163. The van der Waals surface area contributed by atoms with Gasteiger partial charge >= 0.3 is 13.1 Å². The highest BCUT2D eigenvalue weighted by atomic mass is 16.4. The molecule has 0 aromatic heterocycles. The SMILES string of the molecule is CCCC(C)(C)C.Cc1ccc(CC(NC(=O)NCC2CCCN2C(=O)C(C)C#N)B(O)O)cc1. The molecule has 1 aliphatic rings. The molecule has 3 amide bonds. The molecule has 1 aliphatic heterocycles. The topological polar surface area (TPSA) is 126 Å². The number of hydrogen-bond acceptors (Lipinski definition) is 5. The molecule has 4 N–H and O–H groups in total. The van der Waals surface area contributed by atoms with Crippen LogP contribution in [0.5, 0.6) is 0 Å². The van der Waals surface area contributed by atoms with E-state index in [9.17, 15) is 19.6 Å². The van der Waals surface area contributed by atoms with E-state index in [2.05, 4.69) is 38.3 Å². The van der Waals surface area contributed by atoms with Gasteiger partial charge in [0.1, 0.15) is 5.92 Å². The van der Waals surface area contributed by atoms with Crippen LogP contribution in [0.25, 0.3) is 0 Å². The van der Waals surface area contributed by atoms with Crippen LogP contribution in [0.3, 0.4) is 0 Å². The summed E-state index contributed by atoms with van der Waals surface area (Å²) >= 11 is 0. The number of amides is 3. The van der Waals surface area contributed by atoms with E-state index in [0.717, 1.165) is 24.0 Å². The first-order valence-electron chi connectivity index (χ1n) is 12.5. The van der Waals surface area contributed by atoms with Gasteiger partial charge < -0.3 is 25.6 Å². The number of likely N-dealkylation sites (tertiary alicyclic amines) is 1. The first kappa shape index (κ1) is 30.5. The number of nitrogens with one attached hydrogen (secondary N) is 2. The van der Waals surface area contributed by atoms with E-state index in [4.69, 9.17) is 5.26 Å². The maximum Gasteiger partial charge on any atom is 0.475 e. The van der Waals surface area contributed by atoms with Gasteiger partial charge in [-0.25, -0.2) is 4.79 Å². The van der Waals surface area contributed by atoms with Gasteiger partial charge in [0, 0.05) is 19.1 Å². The molecule has 1 fully saturated rings. The van der Waals surface area contributed by atoms with E-state index in [0.29, 0.717) is 12.0 Å². The molecule has 0 aliphatic carbocycles. The van der Waals surface area contributed by atoms with Crippen LogP contribution >= 0.6 is 0 Å². The van der Waals surface area contributed by atoms with Crippen molar-refractivity contribution in [1.82, 2.24) is 15.5 Å². The lowest BCUT2D eigenvalue weighted by Gasteiger charge is -2.26. The number of urea groups is 1. The van der Waals surface area contributed by atoms with Gasteiger partial charge in [-0.05, 0) is 50.5 Å². The average molecular weight is 486 g/mol. The number of carbonyl (C=O) groups excluding carboxylic acids is 2. The van der Waals surface area contributed by atoms with E-state index >= 15 is 0 Å². The highest BCUT2D eigenvalue weighted by Gasteiger charge is 2.32. The third kappa shape index (κ3) is 11.6. The summed E-state index contributed by atoms with van der Waals surface area (Å²) in [5, 5.41) is 33.4. The molecule has 1 aromatic carbocycles. The Hall–Kier alpha value is -2.57. The molecule has 9 heteroatoms. The number of carbonyl (C=O) groups is 2. The Morgan fingerprint density at radius 1 is 1.26 bits per heavy atom. The largest absolute Gasteiger partial charge is 0.475 e. The van der Waals surface area contributed by atoms with Crippen LogP contribution in [0.4, 0.5) is 4.79 Å². The molecular weight excluding hydrogens is 443 g/mol. The van der Waals surface area contributed by atoms with E-state index in [1.807, 2.05) is 37.3 Å². The van der Waals surface area contributed by atoms with Crippen LogP contribution in [-0.4, -0.2) is 59.1 Å². The molecule has 0 spiro atoms. The predicted molar refractivity (Wildman–Crippen MR) is 139 cm³/mol. The van der Waals surface area contributed by atoms with Crippen molar-refractivity contribution in [2.75, 3.05) is 13.1 Å². The van der Waals surface area contributed by atoms with Gasteiger partial charge in [-0.1, -0.05) is 63.9 Å². The Kier molecular flexibility index (Phi) is 12.8. The van der Waals surface area contributed by atoms with Gasteiger partial charge in [0.2, 0.25) is 5.91 Å². The van der Waals surface area contributed by atoms with Gasteiger partial charge in [0.15, 0.2) is 0 Å². The second-order valence-corrected chi connectivity index (χ2v) is 10.6. The van der Waals surface area contributed by atoms with Gasteiger partial charge in [0.05, 0.1) is 12.0 Å². The lowest BCUT2D eigenvalue weighted by Crippen LogP contribution is -2.53. The molecule has 0 radical (unpaired) electrons. The minimum atomic E-state index is -1.70. The average Bonchev–Trinajstić information content (AvgIpc) is 3.25. The molecule has 1 aromatic rings. The maximum absolute atomic E-state index is 12.2. The third-order valence-electron chi connectivity index (χ3n) is 5.98. The molecule has 2 rings (SSSR count). The summed E-state index contributed by atoms with van der Waals surface area (Å²) in [6.07, 6.45) is 4.50. The number of nitriles is 1. The minimum Gasteiger partial charge on any atom is -0.426 e. The van der Waals surface area contributed by atoms with Crippen molar-refractivity contribution < 1.29 is 19.6 Å². The number of aryl methyl sites for hydroxylation is 1. The summed E-state index contributed by atoms with van der Waals surface area (Å²) in [7, 11) is -1.70. The molecule has 0 bridgehead atoms. The highest BCUT2D eigenvalue weighted by Crippen LogP contribution is 2.20. The van der Waals surface area contributed by atoms with E-state index in [-0.39, 0.29) is 24.9 Å². The maximum atomic E-state index is 12.2. The van der Waals surface area contributed by atoms with Crippen LogP contribution in [0.1, 0.15) is 71.4 Å². The normalized spacial score (nSPS) is 16.9. The van der Waals surface area contributed by atoms with Crippen molar-refractivity contribution in [3.05, 3.63) is 35.4 Å². The molecule has 35 heavy (non-hydrogen) atoms. The van der Waals surface area contributed by atoms with Gasteiger partial charge in [-0.15, -0.1) is 0 Å². The predicted octanol–water partition coefficient (Wildman–Crippen LogP) is 3.20. The first-order valence-corrected chi connectivity index (χ1v) is 12.5. The second-order valence-electron chi connectivity index (χ2n) is 10.6. The second kappa shape index (κ2) is 14.7. The van der Waals surface area contributed by atoms with Crippen LogP contribution in [0.15, 0.2) is 24.3 Å². The summed E-state index contributed by atoms with van der Waals surface area (Å²) in [6.45, 7) is 13.4. The monoisotopic (exact) mass is 486 g/mol. The van der Waals surface area contributed by atoms with Gasteiger partial charge in [-0.2, -0.15) is 5.26 Å². The van der Waals surface area contributed by atoms with Gasteiger partial charge in [-0.3, -0.25) is 4.79 Å². The fourth-order valence-corrected chi connectivity index (χ4v) is 4.03. The molecule has 1 heterocycles. The Morgan fingerprint density at radius 2 is 1.89 bits per heavy atom. The van der Waals surface area contributed by atoms with Crippen LogP contribution < -0.4 is 10.6 Å². The van der Waals surface area contributed by atoms with Crippen molar-refractivity contribution in [2.45, 2.75) is 85.6 Å². The summed E-state index contributed by atoms with van der Waals surface area (Å²) in [5.74, 6) is -1.80. The Morgan fingerprint density at radius 3 is 2.37 bits per heavy atom. The number of nitrogens with zero attached hydrogens (tertiary/aromatic N) is 2. The smallest absolute Gasteiger partial charge is 0.426 e. The van der Waals surface area contributed by atoms with Crippen LogP contribution in [0, 0.1) is 29.6 Å². The van der Waals surface area contributed by atoms with E-state index in [1.54, 1.807) is 11.8 Å². The zero-order valence-corrected chi connectivity index (χ0v) is 22.2. The number of hydrogen-bond donors (Lipinski definition) is 4. The quantitative estimate of drug-likeness (QED) is 0.420. The zero-order chi connectivity index (χ0) is 26.6. The number of rotatable bonds is 8. The van der Waals surface area contributed by atoms with Crippen molar-refractivity contribution in [1.29, 1.82) is 5.26 Å². The molecule has 194 valence electrons. The van der Waals surface area contributed by atoms with E-state index in [1.165, 1.54) is 12.8 Å². The van der Waals surface area contributed by atoms with Crippen molar-refractivity contribution in [2.24, 2.45) is 11.3 Å². The Labute approximate surface area is 211 Å². The van der Waals surface area contributed by atoms with Crippen molar-refractivity contribution in [3.63, 3.8) is 0 Å².